The lowest BCUT2D eigenvalue weighted by Gasteiger charge is -2.37. The van der Waals surface area contributed by atoms with Crippen molar-refractivity contribution in [2.75, 3.05) is 31.3 Å². The van der Waals surface area contributed by atoms with Crippen LogP contribution in [0.3, 0.4) is 0 Å². The van der Waals surface area contributed by atoms with Gasteiger partial charge in [0, 0.05) is 13.2 Å². The number of nitrogens with two attached hydrogens (primary N) is 1. The molecule has 2 N–H and O–H groups in total. The number of sulfone groups is 1. The van der Waals surface area contributed by atoms with Crippen LogP contribution in [0.25, 0.3) is 0 Å². The second-order valence-corrected chi connectivity index (χ2v) is 6.91. The van der Waals surface area contributed by atoms with E-state index in [0.717, 1.165) is 19.4 Å². The van der Waals surface area contributed by atoms with Crippen LogP contribution in [0.15, 0.2) is 0 Å². The smallest absolute Gasteiger partial charge is 0.152 e. The van der Waals surface area contributed by atoms with Gasteiger partial charge in [0.2, 0.25) is 0 Å². The third-order valence-corrected chi connectivity index (χ3v) is 5.00. The van der Waals surface area contributed by atoms with Crippen LogP contribution in [0, 0.1) is 0 Å². The van der Waals surface area contributed by atoms with Gasteiger partial charge in [-0.2, -0.15) is 0 Å². The van der Waals surface area contributed by atoms with Gasteiger partial charge in [-0.3, -0.25) is 0 Å². The molecule has 0 aromatic rings. The quantitative estimate of drug-likeness (QED) is 0.743. The van der Waals surface area contributed by atoms with Crippen molar-refractivity contribution in [1.82, 2.24) is 0 Å². The van der Waals surface area contributed by atoms with E-state index in [1.807, 2.05) is 0 Å². The van der Waals surface area contributed by atoms with Crippen LogP contribution in [-0.2, 0) is 19.3 Å². The standard InChI is InChI=1S/C10H19NO4S/c11-7-10(3-1-4-14-8-10)15-9-2-5-16(12,13)6-9/h9H,1-8,11H2. The van der Waals surface area contributed by atoms with Gasteiger partial charge < -0.3 is 15.2 Å². The maximum atomic E-state index is 11.3. The molecule has 0 aromatic heterocycles. The zero-order valence-corrected chi connectivity index (χ0v) is 10.2. The first-order valence-corrected chi connectivity index (χ1v) is 7.53. The Morgan fingerprint density at radius 2 is 2.31 bits per heavy atom. The van der Waals surface area contributed by atoms with E-state index in [9.17, 15) is 8.42 Å². The van der Waals surface area contributed by atoms with E-state index in [1.54, 1.807) is 0 Å². The minimum absolute atomic E-state index is 0.134. The predicted molar refractivity (Wildman–Crippen MR) is 60.0 cm³/mol. The zero-order chi connectivity index (χ0) is 11.6. The molecule has 0 spiro atoms. The molecular weight excluding hydrogens is 230 g/mol. The Labute approximate surface area is 96.2 Å². The Kier molecular flexibility index (Phi) is 3.53. The second kappa shape index (κ2) is 4.60. The minimum Gasteiger partial charge on any atom is -0.378 e. The molecule has 2 rings (SSSR count). The Hall–Kier alpha value is -0.170. The van der Waals surface area contributed by atoms with E-state index in [1.165, 1.54) is 0 Å². The Morgan fingerprint density at radius 3 is 2.81 bits per heavy atom. The normalized spacial score (nSPS) is 38.7. The van der Waals surface area contributed by atoms with Gasteiger partial charge in [0.25, 0.3) is 0 Å². The maximum absolute atomic E-state index is 11.3. The molecule has 0 aliphatic carbocycles. The van der Waals surface area contributed by atoms with E-state index in [2.05, 4.69) is 0 Å². The van der Waals surface area contributed by atoms with Crippen LogP contribution in [0.2, 0.25) is 0 Å². The third-order valence-electron chi connectivity index (χ3n) is 3.27. The first-order chi connectivity index (χ1) is 7.55. The van der Waals surface area contributed by atoms with Crippen LogP contribution < -0.4 is 5.73 Å². The van der Waals surface area contributed by atoms with Crippen molar-refractivity contribution in [2.45, 2.75) is 31.0 Å². The minimum atomic E-state index is -2.89. The van der Waals surface area contributed by atoms with Crippen molar-refractivity contribution in [3.63, 3.8) is 0 Å². The largest absolute Gasteiger partial charge is 0.378 e. The highest BCUT2D eigenvalue weighted by molar-refractivity contribution is 7.91. The summed E-state index contributed by atoms with van der Waals surface area (Å²) in [6, 6.07) is 0. The summed E-state index contributed by atoms with van der Waals surface area (Å²) >= 11 is 0. The monoisotopic (exact) mass is 249 g/mol. The fourth-order valence-corrected chi connectivity index (χ4v) is 3.93. The summed E-state index contributed by atoms with van der Waals surface area (Å²) in [6.45, 7) is 1.62. The number of hydrogen-bond acceptors (Lipinski definition) is 5. The second-order valence-electron chi connectivity index (χ2n) is 4.69. The Morgan fingerprint density at radius 1 is 1.50 bits per heavy atom. The summed E-state index contributed by atoms with van der Waals surface area (Å²) < 4.78 is 33.9. The Bertz CT molecular complexity index is 335. The van der Waals surface area contributed by atoms with Crippen LogP contribution in [0.1, 0.15) is 19.3 Å². The van der Waals surface area contributed by atoms with E-state index in [-0.39, 0.29) is 17.6 Å². The van der Waals surface area contributed by atoms with E-state index in [0.29, 0.717) is 19.6 Å². The summed E-state index contributed by atoms with van der Waals surface area (Å²) in [4.78, 5) is 0. The zero-order valence-electron chi connectivity index (χ0n) is 9.35. The molecule has 0 amide bonds. The van der Waals surface area contributed by atoms with Gasteiger partial charge >= 0.3 is 0 Å². The van der Waals surface area contributed by atoms with Crippen molar-refractivity contribution in [2.24, 2.45) is 5.73 Å². The van der Waals surface area contributed by atoms with Gasteiger partial charge in [-0.05, 0) is 19.3 Å². The highest BCUT2D eigenvalue weighted by Crippen LogP contribution is 2.27. The summed E-state index contributed by atoms with van der Waals surface area (Å²) in [5, 5.41) is 0. The van der Waals surface area contributed by atoms with Gasteiger partial charge in [0.05, 0.1) is 24.2 Å². The molecule has 0 aromatic carbocycles. The van der Waals surface area contributed by atoms with Crippen molar-refractivity contribution in [3.8, 4) is 0 Å². The average Bonchev–Trinajstić information content (AvgIpc) is 2.59. The van der Waals surface area contributed by atoms with E-state index in [4.69, 9.17) is 15.2 Å². The lowest BCUT2D eigenvalue weighted by atomic mass is 9.96. The van der Waals surface area contributed by atoms with Gasteiger partial charge in [0.15, 0.2) is 9.84 Å². The van der Waals surface area contributed by atoms with Crippen molar-refractivity contribution >= 4 is 9.84 Å². The first-order valence-electron chi connectivity index (χ1n) is 5.71. The molecule has 6 heteroatoms. The molecule has 0 radical (unpaired) electrons. The summed E-state index contributed by atoms with van der Waals surface area (Å²) in [7, 11) is -2.89. The fourth-order valence-electron chi connectivity index (χ4n) is 2.34. The van der Waals surface area contributed by atoms with Gasteiger partial charge in [-0.15, -0.1) is 0 Å². The molecule has 2 saturated heterocycles. The third kappa shape index (κ3) is 2.74. The molecule has 16 heavy (non-hydrogen) atoms. The van der Waals surface area contributed by atoms with Gasteiger partial charge in [-0.25, -0.2) is 8.42 Å². The molecule has 2 atom stereocenters. The Balaban J connectivity index is 1.97. The molecule has 2 heterocycles. The first kappa shape index (κ1) is 12.3. The SMILES string of the molecule is NCC1(OC2CCS(=O)(=O)C2)CCCOC1. The van der Waals surface area contributed by atoms with Crippen LogP contribution >= 0.6 is 0 Å². The maximum Gasteiger partial charge on any atom is 0.152 e. The topological polar surface area (TPSA) is 78.6 Å². The van der Waals surface area contributed by atoms with Crippen LogP contribution in [0.5, 0.6) is 0 Å². The van der Waals surface area contributed by atoms with Crippen LogP contribution in [-0.4, -0.2) is 51.4 Å². The number of hydrogen-bond donors (Lipinski definition) is 1. The van der Waals surface area contributed by atoms with Crippen molar-refractivity contribution in [1.29, 1.82) is 0 Å². The molecule has 5 nitrogen and oxygen atoms in total. The highest BCUT2D eigenvalue weighted by atomic mass is 32.2. The van der Waals surface area contributed by atoms with Crippen molar-refractivity contribution in [3.05, 3.63) is 0 Å². The molecule has 94 valence electrons. The lowest BCUT2D eigenvalue weighted by Crippen LogP contribution is -2.50. The number of ether oxygens (including phenoxy) is 2. The molecule has 2 aliphatic rings. The van der Waals surface area contributed by atoms with Gasteiger partial charge in [0.1, 0.15) is 5.60 Å². The lowest BCUT2D eigenvalue weighted by molar-refractivity contribution is -0.146. The van der Waals surface area contributed by atoms with Crippen molar-refractivity contribution < 1.29 is 17.9 Å². The molecule has 2 unspecified atom stereocenters. The molecule has 0 bridgehead atoms. The van der Waals surface area contributed by atoms with E-state index < -0.39 is 15.4 Å². The van der Waals surface area contributed by atoms with Gasteiger partial charge in [-0.1, -0.05) is 0 Å². The highest BCUT2D eigenvalue weighted by Gasteiger charge is 2.38. The average molecular weight is 249 g/mol. The van der Waals surface area contributed by atoms with E-state index >= 15 is 0 Å². The summed E-state index contributed by atoms with van der Waals surface area (Å²) in [6.07, 6.45) is 2.18. The van der Waals surface area contributed by atoms with Crippen LogP contribution in [0.4, 0.5) is 0 Å². The fraction of sp³-hybridized carbons (Fsp3) is 1.00. The summed E-state index contributed by atoms with van der Waals surface area (Å²) in [5.41, 5.74) is 5.27. The molecule has 2 fully saturated rings. The number of rotatable bonds is 3. The molecule has 0 saturated carbocycles. The molecule has 2 aliphatic heterocycles. The molecular formula is C10H19NO4S. The predicted octanol–water partition coefficient (Wildman–Crippen LogP) is -0.302. The summed E-state index contributed by atoms with van der Waals surface area (Å²) in [5.74, 6) is 0.369.